The lowest BCUT2D eigenvalue weighted by Crippen LogP contribution is -2.37. The number of carbonyl (C=O) groups is 2. The number of fused-ring (bicyclic) bond motifs is 1. The molecule has 5 rings (SSSR count). The van der Waals surface area contributed by atoms with Gasteiger partial charge in [0.25, 0.3) is 5.91 Å². The highest BCUT2D eigenvalue weighted by Gasteiger charge is 2.60. The molecule has 0 unspecified atom stereocenters. The molecule has 0 radical (unpaired) electrons. The van der Waals surface area contributed by atoms with E-state index in [1.165, 1.54) is 17.2 Å². The number of hydroxylamine groups is 1. The summed E-state index contributed by atoms with van der Waals surface area (Å²) >= 11 is 18.3. The molecule has 2 heterocycles. The van der Waals surface area contributed by atoms with Crippen LogP contribution < -0.4 is 9.96 Å². The lowest BCUT2D eigenvalue weighted by molar-refractivity contribution is -0.126. The largest absolute Gasteiger partial charge is 0.273 e. The van der Waals surface area contributed by atoms with Crippen molar-refractivity contribution in [1.82, 2.24) is 0 Å². The van der Waals surface area contributed by atoms with E-state index in [2.05, 4.69) is 0 Å². The van der Waals surface area contributed by atoms with E-state index in [0.717, 1.165) is 11.0 Å². The molecule has 32 heavy (non-hydrogen) atoms. The third kappa shape index (κ3) is 3.35. The molecule has 3 atom stereocenters. The van der Waals surface area contributed by atoms with Crippen molar-refractivity contribution in [3.8, 4) is 0 Å². The highest BCUT2D eigenvalue weighted by molar-refractivity contribution is 6.35. The Kier molecular flexibility index (Phi) is 5.34. The molecule has 3 aromatic rings. The zero-order valence-electron chi connectivity index (χ0n) is 16.2. The normalized spacial score (nSPS) is 22.6. The van der Waals surface area contributed by atoms with Gasteiger partial charge < -0.3 is 0 Å². The van der Waals surface area contributed by atoms with Crippen LogP contribution in [0.15, 0.2) is 66.7 Å². The lowest BCUT2D eigenvalue weighted by Gasteiger charge is -2.29. The Morgan fingerprint density at radius 2 is 1.56 bits per heavy atom. The first-order valence-electron chi connectivity index (χ1n) is 9.65. The molecule has 9 heteroatoms. The highest BCUT2D eigenvalue weighted by atomic mass is 35.5. The molecule has 2 fully saturated rings. The van der Waals surface area contributed by atoms with Crippen LogP contribution >= 0.6 is 34.8 Å². The Balaban J connectivity index is 1.61. The number of halogens is 4. The second-order valence-corrected chi connectivity index (χ2v) is 8.68. The van der Waals surface area contributed by atoms with E-state index in [1.807, 2.05) is 18.2 Å². The van der Waals surface area contributed by atoms with E-state index in [0.29, 0.717) is 21.3 Å². The number of hydrogen-bond donors (Lipinski definition) is 0. The quantitative estimate of drug-likeness (QED) is 0.432. The fraction of sp³-hybridized carbons (Fsp3) is 0.130. The summed E-state index contributed by atoms with van der Waals surface area (Å²) in [5.74, 6) is -2.74. The van der Waals surface area contributed by atoms with Crippen LogP contribution in [0.2, 0.25) is 15.1 Å². The average molecular weight is 492 g/mol. The van der Waals surface area contributed by atoms with Gasteiger partial charge in [-0.3, -0.25) is 14.4 Å². The number of benzene rings is 3. The summed E-state index contributed by atoms with van der Waals surface area (Å²) in [6.07, 6.45) is -1.10. The zero-order chi connectivity index (χ0) is 22.6. The number of nitrogens with zero attached hydrogens (tertiary/aromatic N) is 2. The van der Waals surface area contributed by atoms with Gasteiger partial charge in [0.2, 0.25) is 5.91 Å². The molecule has 3 aromatic carbocycles. The van der Waals surface area contributed by atoms with Crippen molar-refractivity contribution in [1.29, 1.82) is 0 Å². The van der Waals surface area contributed by atoms with Crippen molar-refractivity contribution in [2.45, 2.75) is 12.1 Å². The number of amides is 2. The second-order valence-electron chi connectivity index (χ2n) is 7.43. The Bertz CT molecular complexity index is 1240. The third-order valence-corrected chi connectivity index (χ3v) is 6.44. The fourth-order valence-corrected chi connectivity index (χ4v) is 4.79. The number of hydrogen-bond acceptors (Lipinski definition) is 4. The fourth-order valence-electron chi connectivity index (χ4n) is 4.15. The molecule has 0 N–H and O–H groups in total. The average Bonchev–Trinajstić information content (AvgIpc) is 3.27. The van der Waals surface area contributed by atoms with Gasteiger partial charge >= 0.3 is 0 Å². The van der Waals surface area contributed by atoms with Gasteiger partial charge in [-0.25, -0.2) is 14.4 Å². The van der Waals surface area contributed by atoms with E-state index < -0.39 is 35.7 Å². The molecule has 0 saturated carbocycles. The first-order chi connectivity index (χ1) is 15.4. The summed E-state index contributed by atoms with van der Waals surface area (Å²) < 4.78 is 14.0. The molecule has 0 aliphatic carbocycles. The van der Waals surface area contributed by atoms with Crippen LogP contribution in [-0.2, 0) is 14.4 Å². The molecule has 162 valence electrons. The summed E-state index contributed by atoms with van der Waals surface area (Å²) in [6, 6.07) is 17.1. The first kappa shape index (κ1) is 21.2. The molecule has 5 nitrogen and oxygen atoms in total. The SMILES string of the molecule is O=C1[C@H]2[C@@H](c3ccc(Cl)cc3Cl)N(c3ccccc3)O[C@H]2C(=O)N1c1ccc(Cl)c(F)c1. The van der Waals surface area contributed by atoms with Crippen LogP contribution in [0, 0.1) is 11.7 Å². The third-order valence-electron chi connectivity index (χ3n) is 5.57. The van der Waals surface area contributed by atoms with Gasteiger partial charge in [-0.1, -0.05) is 59.1 Å². The van der Waals surface area contributed by atoms with E-state index in [-0.39, 0.29) is 10.7 Å². The molecular weight excluding hydrogens is 478 g/mol. The number of rotatable bonds is 3. The lowest BCUT2D eigenvalue weighted by atomic mass is 9.90. The van der Waals surface area contributed by atoms with Crippen molar-refractivity contribution >= 4 is 58.0 Å². The number of para-hydroxylation sites is 1. The van der Waals surface area contributed by atoms with Crippen LogP contribution in [0.4, 0.5) is 15.8 Å². The maximum Gasteiger partial charge on any atom is 0.266 e. The van der Waals surface area contributed by atoms with E-state index in [9.17, 15) is 14.0 Å². The number of carbonyl (C=O) groups excluding carboxylic acids is 2. The first-order valence-corrected chi connectivity index (χ1v) is 10.8. The Morgan fingerprint density at radius 3 is 2.25 bits per heavy atom. The molecule has 0 aromatic heterocycles. The smallest absolute Gasteiger partial charge is 0.266 e. The summed E-state index contributed by atoms with van der Waals surface area (Å²) in [6.45, 7) is 0. The Labute approximate surface area is 197 Å². The van der Waals surface area contributed by atoms with Gasteiger partial charge in [0.05, 0.1) is 22.4 Å². The monoisotopic (exact) mass is 490 g/mol. The van der Waals surface area contributed by atoms with E-state index >= 15 is 0 Å². The molecule has 0 spiro atoms. The van der Waals surface area contributed by atoms with Crippen molar-refractivity contribution in [2.75, 3.05) is 9.96 Å². The van der Waals surface area contributed by atoms with Crippen LogP contribution in [0.3, 0.4) is 0 Å². The number of imide groups is 1. The molecule has 0 bridgehead atoms. The predicted octanol–water partition coefficient (Wildman–Crippen LogP) is 5.84. The molecule has 2 aliphatic rings. The topological polar surface area (TPSA) is 49.9 Å². The summed E-state index contributed by atoms with van der Waals surface area (Å²) in [5, 5.41) is 2.20. The molecule has 2 amide bonds. The van der Waals surface area contributed by atoms with E-state index in [1.54, 1.807) is 30.3 Å². The van der Waals surface area contributed by atoms with Crippen molar-refractivity contribution in [2.24, 2.45) is 5.92 Å². The Hall–Kier alpha value is -2.64. The minimum Gasteiger partial charge on any atom is -0.273 e. The summed E-state index contributed by atoms with van der Waals surface area (Å²) in [4.78, 5) is 33.7. The van der Waals surface area contributed by atoms with Crippen molar-refractivity contribution in [3.63, 3.8) is 0 Å². The van der Waals surface area contributed by atoms with Gasteiger partial charge in [0.1, 0.15) is 11.7 Å². The van der Waals surface area contributed by atoms with E-state index in [4.69, 9.17) is 39.6 Å². The van der Waals surface area contributed by atoms with Gasteiger partial charge in [-0.15, -0.1) is 0 Å². The van der Waals surface area contributed by atoms with Gasteiger partial charge in [-0.2, -0.15) is 0 Å². The predicted molar refractivity (Wildman–Crippen MR) is 120 cm³/mol. The Morgan fingerprint density at radius 1 is 0.812 bits per heavy atom. The van der Waals surface area contributed by atoms with Crippen molar-refractivity contribution in [3.05, 3.63) is 93.2 Å². The molecule has 2 saturated heterocycles. The summed E-state index contributed by atoms with van der Waals surface area (Å²) in [5.41, 5.74) is 1.33. The van der Waals surface area contributed by atoms with Gasteiger partial charge in [-0.05, 0) is 48.0 Å². The number of anilines is 2. The second kappa shape index (κ2) is 8.05. The zero-order valence-corrected chi connectivity index (χ0v) is 18.5. The van der Waals surface area contributed by atoms with Crippen LogP contribution in [0.1, 0.15) is 11.6 Å². The highest BCUT2D eigenvalue weighted by Crippen LogP contribution is 2.49. The molecular formula is C23H14Cl3FN2O3. The minimum absolute atomic E-state index is 0.0899. The maximum atomic E-state index is 14.0. The van der Waals surface area contributed by atoms with Crippen molar-refractivity contribution < 1.29 is 18.8 Å². The van der Waals surface area contributed by atoms with Gasteiger partial charge in [0, 0.05) is 10.0 Å². The van der Waals surface area contributed by atoms with Crippen LogP contribution in [-0.4, -0.2) is 17.9 Å². The van der Waals surface area contributed by atoms with Crippen LogP contribution in [0.25, 0.3) is 0 Å². The minimum atomic E-state index is -1.10. The summed E-state index contributed by atoms with van der Waals surface area (Å²) in [7, 11) is 0. The molecule has 2 aliphatic heterocycles. The standard InChI is InChI=1S/C23H14Cl3FN2O3/c24-12-6-8-15(17(26)10-12)20-19-21(32-29(20)13-4-2-1-3-5-13)23(31)28(22(19)30)14-7-9-16(25)18(27)11-14/h1-11,19-21H/t19-,20+,21+/m0/s1. The van der Waals surface area contributed by atoms with Crippen LogP contribution in [0.5, 0.6) is 0 Å². The van der Waals surface area contributed by atoms with Gasteiger partial charge in [0.15, 0.2) is 6.10 Å². The maximum absolute atomic E-state index is 14.0.